The summed E-state index contributed by atoms with van der Waals surface area (Å²) in [5.74, 6) is -1.24. The van der Waals surface area contributed by atoms with E-state index in [2.05, 4.69) is 0 Å². The lowest BCUT2D eigenvalue weighted by molar-refractivity contribution is -0.147. The summed E-state index contributed by atoms with van der Waals surface area (Å²) in [6, 6.07) is 0.933. The minimum atomic E-state index is -1.02. The number of aliphatic carboxylic acids is 1. The average molecular weight is 269 g/mol. The van der Waals surface area contributed by atoms with Gasteiger partial charge in [0, 0.05) is 16.3 Å². The summed E-state index contributed by atoms with van der Waals surface area (Å²) in [4.78, 5) is 26.8. The van der Waals surface area contributed by atoms with E-state index in [9.17, 15) is 9.59 Å². The summed E-state index contributed by atoms with van der Waals surface area (Å²) in [7, 11) is 0. The standard InChI is InChI=1S/C12H15NO4S/c1-7-5-9(8(2)18-7)11(14)13-3-4-17-6-10(13)12(15)16/h5,10H,3-4,6H2,1-2H3,(H,15,16)/t10-/m1/s1. The van der Waals surface area contributed by atoms with E-state index < -0.39 is 12.0 Å². The molecule has 1 aromatic rings. The number of carboxylic acids is 1. The molecule has 18 heavy (non-hydrogen) atoms. The molecular formula is C12H15NO4S. The van der Waals surface area contributed by atoms with Crippen molar-refractivity contribution >= 4 is 23.2 Å². The Morgan fingerprint density at radius 3 is 2.78 bits per heavy atom. The first kappa shape index (κ1) is 13.0. The number of ether oxygens (including phenoxy) is 1. The summed E-state index contributed by atoms with van der Waals surface area (Å²) in [5.41, 5.74) is 0.602. The maximum atomic E-state index is 12.4. The van der Waals surface area contributed by atoms with Gasteiger partial charge >= 0.3 is 5.97 Å². The first-order valence-electron chi connectivity index (χ1n) is 5.69. The van der Waals surface area contributed by atoms with Crippen LogP contribution in [-0.2, 0) is 9.53 Å². The Morgan fingerprint density at radius 1 is 1.50 bits per heavy atom. The van der Waals surface area contributed by atoms with E-state index in [-0.39, 0.29) is 12.5 Å². The lowest BCUT2D eigenvalue weighted by Gasteiger charge is -2.32. The van der Waals surface area contributed by atoms with Crippen molar-refractivity contribution in [3.05, 3.63) is 21.4 Å². The van der Waals surface area contributed by atoms with E-state index in [4.69, 9.17) is 9.84 Å². The molecule has 5 nitrogen and oxygen atoms in total. The summed E-state index contributed by atoms with van der Waals surface area (Å²) in [6.07, 6.45) is 0. The fourth-order valence-electron chi connectivity index (χ4n) is 2.05. The largest absolute Gasteiger partial charge is 0.480 e. The number of amides is 1. The topological polar surface area (TPSA) is 66.8 Å². The molecule has 1 aliphatic heterocycles. The maximum absolute atomic E-state index is 12.4. The molecule has 1 aliphatic rings. The number of morpholine rings is 1. The quantitative estimate of drug-likeness (QED) is 0.878. The SMILES string of the molecule is Cc1cc(C(=O)N2CCOC[C@@H]2C(=O)O)c(C)s1. The zero-order valence-electron chi connectivity index (χ0n) is 10.3. The number of aryl methyl sites for hydroxylation is 2. The molecule has 6 heteroatoms. The Labute approximate surface area is 109 Å². The maximum Gasteiger partial charge on any atom is 0.328 e. The van der Waals surface area contributed by atoms with Gasteiger partial charge in [-0.3, -0.25) is 4.79 Å². The molecule has 0 bridgehead atoms. The fraction of sp³-hybridized carbons (Fsp3) is 0.500. The van der Waals surface area contributed by atoms with Gasteiger partial charge in [-0.05, 0) is 19.9 Å². The number of hydrogen-bond acceptors (Lipinski definition) is 4. The summed E-state index contributed by atoms with van der Waals surface area (Å²) >= 11 is 1.54. The van der Waals surface area contributed by atoms with Gasteiger partial charge in [0.2, 0.25) is 0 Å². The van der Waals surface area contributed by atoms with Gasteiger partial charge < -0.3 is 14.7 Å². The summed E-state index contributed by atoms with van der Waals surface area (Å²) in [6.45, 7) is 4.58. The molecule has 2 heterocycles. The van der Waals surface area contributed by atoms with Crippen LogP contribution in [0.3, 0.4) is 0 Å². The molecular weight excluding hydrogens is 254 g/mol. The molecule has 0 unspecified atom stereocenters. The zero-order valence-corrected chi connectivity index (χ0v) is 11.1. The highest BCUT2D eigenvalue weighted by molar-refractivity contribution is 7.12. The van der Waals surface area contributed by atoms with Gasteiger partial charge in [-0.15, -0.1) is 11.3 Å². The summed E-state index contributed by atoms with van der Waals surface area (Å²) < 4.78 is 5.12. The highest BCUT2D eigenvalue weighted by atomic mass is 32.1. The van der Waals surface area contributed by atoms with Gasteiger partial charge in [0.05, 0.1) is 18.8 Å². The van der Waals surface area contributed by atoms with Gasteiger partial charge in [-0.1, -0.05) is 0 Å². The third-order valence-corrected chi connectivity index (χ3v) is 3.91. The highest BCUT2D eigenvalue weighted by Gasteiger charge is 2.34. The number of hydrogen-bond donors (Lipinski definition) is 1. The number of carboxylic acid groups (broad SMARTS) is 1. The van der Waals surface area contributed by atoms with E-state index in [1.165, 1.54) is 4.90 Å². The van der Waals surface area contributed by atoms with E-state index >= 15 is 0 Å². The molecule has 1 N–H and O–H groups in total. The molecule has 1 atom stereocenters. The van der Waals surface area contributed by atoms with Crippen LogP contribution in [0.15, 0.2) is 6.07 Å². The van der Waals surface area contributed by atoms with Crippen molar-refractivity contribution in [3.8, 4) is 0 Å². The number of rotatable bonds is 2. The molecule has 0 radical (unpaired) electrons. The zero-order chi connectivity index (χ0) is 13.3. The normalized spacial score (nSPS) is 19.9. The van der Waals surface area contributed by atoms with E-state index in [1.54, 1.807) is 11.3 Å². The second kappa shape index (κ2) is 5.07. The van der Waals surface area contributed by atoms with Crippen molar-refractivity contribution in [2.24, 2.45) is 0 Å². The predicted octanol–water partition coefficient (Wildman–Crippen LogP) is 1.29. The minimum absolute atomic E-state index is 0.0588. The van der Waals surface area contributed by atoms with Crippen molar-refractivity contribution in [3.63, 3.8) is 0 Å². The van der Waals surface area contributed by atoms with Crippen molar-refractivity contribution in [1.82, 2.24) is 4.90 Å². The molecule has 1 fully saturated rings. The van der Waals surface area contributed by atoms with Gasteiger partial charge in [0.25, 0.3) is 5.91 Å². The fourth-order valence-corrected chi connectivity index (χ4v) is 2.97. The Morgan fingerprint density at radius 2 is 2.22 bits per heavy atom. The summed E-state index contributed by atoms with van der Waals surface area (Å²) in [5, 5.41) is 9.11. The first-order valence-corrected chi connectivity index (χ1v) is 6.51. The average Bonchev–Trinajstić information content (AvgIpc) is 2.67. The Hall–Kier alpha value is -1.40. The number of thiophene rings is 1. The van der Waals surface area contributed by atoms with Crippen LogP contribution in [0.25, 0.3) is 0 Å². The molecule has 0 aromatic carbocycles. The van der Waals surface area contributed by atoms with E-state index in [0.29, 0.717) is 18.7 Å². The molecule has 0 saturated carbocycles. The smallest absolute Gasteiger partial charge is 0.328 e. The van der Waals surface area contributed by atoms with E-state index in [1.807, 2.05) is 19.9 Å². The van der Waals surface area contributed by atoms with Crippen LogP contribution in [0.4, 0.5) is 0 Å². The van der Waals surface area contributed by atoms with Crippen LogP contribution in [0.1, 0.15) is 20.1 Å². The Kier molecular flexibility index (Phi) is 3.68. The number of carbonyl (C=O) groups excluding carboxylic acids is 1. The second-order valence-electron chi connectivity index (χ2n) is 4.25. The Balaban J connectivity index is 2.26. The first-order chi connectivity index (χ1) is 8.50. The van der Waals surface area contributed by atoms with Crippen molar-refractivity contribution in [2.45, 2.75) is 19.9 Å². The van der Waals surface area contributed by atoms with Gasteiger partial charge in [0.15, 0.2) is 6.04 Å². The molecule has 1 amide bonds. The minimum Gasteiger partial charge on any atom is -0.480 e. The monoisotopic (exact) mass is 269 g/mol. The van der Waals surface area contributed by atoms with Crippen LogP contribution in [0.2, 0.25) is 0 Å². The van der Waals surface area contributed by atoms with E-state index in [0.717, 1.165) is 9.75 Å². The molecule has 1 aromatic heterocycles. The van der Waals surface area contributed by atoms with Crippen LogP contribution >= 0.6 is 11.3 Å². The van der Waals surface area contributed by atoms with Gasteiger partial charge in [-0.2, -0.15) is 0 Å². The van der Waals surface area contributed by atoms with Crippen molar-refractivity contribution in [1.29, 1.82) is 0 Å². The predicted molar refractivity (Wildman–Crippen MR) is 67.1 cm³/mol. The van der Waals surface area contributed by atoms with Crippen LogP contribution < -0.4 is 0 Å². The molecule has 0 aliphatic carbocycles. The lowest BCUT2D eigenvalue weighted by Crippen LogP contribution is -2.52. The second-order valence-corrected chi connectivity index (χ2v) is 5.71. The third kappa shape index (κ3) is 2.39. The van der Waals surface area contributed by atoms with Crippen molar-refractivity contribution in [2.75, 3.05) is 19.8 Å². The number of carbonyl (C=O) groups is 2. The van der Waals surface area contributed by atoms with Crippen molar-refractivity contribution < 1.29 is 19.4 Å². The van der Waals surface area contributed by atoms with Gasteiger partial charge in [-0.25, -0.2) is 4.79 Å². The third-order valence-electron chi connectivity index (χ3n) is 2.95. The molecule has 98 valence electrons. The highest BCUT2D eigenvalue weighted by Crippen LogP contribution is 2.23. The Bertz CT molecular complexity index is 482. The lowest BCUT2D eigenvalue weighted by atomic mass is 10.1. The molecule has 0 spiro atoms. The molecule has 1 saturated heterocycles. The van der Waals surface area contributed by atoms with Crippen LogP contribution in [0, 0.1) is 13.8 Å². The van der Waals surface area contributed by atoms with Gasteiger partial charge in [0.1, 0.15) is 0 Å². The molecule has 2 rings (SSSR count). The number of nitrogens with zero attached hydrogens (tertiary/aromatic N) is 1. The van der Waals surface area contributed by atoms with Crippen LogP contribution in [-0.4, -0.2) is 47.7 Å². The van der Waals surface area contributed by atoms with Crippen LogP contribution in [0.5, 0.6) is 0 Å².